The van der Waals surface area contributed by atoms with Gasteiger partial charge in [-0.25, -0.2) is 0 Å². The van der Waals surface area contributed by atoms with Crippen LogP contribution >= 0.6 is 0 Å². The molecule has 3 atom stereocenters. The highest BCUT2D eigenvalue weighted by atomic mass is 16.3. The molecule has 342 valence electrons. The molecule has 0 spiro atoms. The highest BCUT2D eigenvalue weighted by Gasteiger charge is 2.22. The maximum absolute atomic E-state index is 12.5. The predicted molar refractivity (Wildman–Crippen MR) is 254 cm³/mol. The van der Waals surface area contributed by atoms with Crippen molar-refractivity contribution in [1.29, 1.82) is 0 Å². The Balaban J connectivity index is 3.52. The lowest BCUT2D eigenvalue weighted by Gasteiger charge is -2.21. The molecule has 0 aromatic heterocycles. The maximum atomic E-state index is 12.5. The van der Waals surface area contributed by atoms with Crippen molar-refractivity contribution in [1.82, 2.24) is 5.32 Å². The highest BCUT2D eigenvalue weighted by molar-refractivity contribution is 5.80. The fourth-order valence-electron chi connectivity index (χ4n) is 7.92. The predicted octanol–water partition coefficient (Wildman–Crippen LogP) is 15.5. The minimum absolute atomic E-state index is 0.379. The highest BCUT2D eigenvalue weighted by Crippen LogP contribution is 2.17. The summed E-state index contributed by atoms with van der Waals surface area (Å²) in [5.41, 5.74) is 0. The monoisotopic (exact) mass is 816 g/mol. The first-order chi connectivity index (χ1) is 28.6. The molecule has 5 heteroatoms. The smallest absolute Gasteiger partial charge is 0.249 e. The van der Waals surface area contributed by atoms with E-state index in [1.165, 1.54) is 205 Å². The van der Waals surface area contributed by atoms with E-state index in [2.05, 4.69) is 43.5 Å². The molecule has 0 radical (unpaired) electrons. The average molecular weight is 816 g/mol. The van der Waals surface area contributed by atoms with Crippen LogP contribution in [0.25, 0.3) is 0 Å². The third-order valence-corrected chi connectivity index (χ3v) is 12.0. The summed E-state index contributed by atoms with van der Waals surface area (Å²) in [6.45, 7) is 4.15. The van der Waals surface area contributed by atoms with Crippen molar-refractivity contribution in [3.8, 4) is 0 Å². The zero-order valence-electron chi connectivity index (χ0n) is 38.9. The topological polar surface area (TPSA) is 89.8 Å². The van der Waals surface area contributed by atoms with E-state index in [1.807, 2.05) is 6.08 Å². The minimum Gasteiger partial charge on any atom is -0.394 e. The van der Waals surface area contributed by atoms with E-state index in [1.54, 1.807) is 6.08 Å². The Morgan fingerprint density at radius 2 is 0.707 bits per heavy atom. The summed E-state index contributed by atoms with van der Waals surface area (Å²) in [4.78, 5) is 12.5. The molecular weight excluding hydrogens is 715 g/mol. The van der Waals surface area contributed by atoms with E-state index in [0.29, 0.717) is 6.42 Å². The van der Waals surface area contributed by atoms with Crippen LogP contribution in [0.15, 0.2) is 36.5 Å². The molecule has 4 N–H and O–H groups in total. The summed E-state index contributed by atoms with van der Waals surface area (Å²) in [7, 11) is 0. The normalized spacial score (nSPS) is 13.7. The molecule has 5 nitrogen and oxygen atoms in total. The van der Waals surface area contributed by atoms with Gasteiger partial charge in [0, 0.05) is 0 Å². The van der Waals surface area contributed by atoms with Crippen LogP contribution in [-0.2, 0) is 4.79 Å². The molecule has 3 unspecified atom stereocenters. The Labute approximate surface area is 362 Å². The van der Waals surface area contributed by atoms with Gasteiger partial charge >= 0.3 is 0 Å². The molecule has 0 fully saturated rings. The van der Waals surface area contributed by atoms with E-state index in [4.69, 9.17) is 0 Å². The molecule has 0 aliphatic carbocycles. The zero-order chi connectivity index (χ0) is 42.3. The third-order valence-electron chi connectivity index (χ3n) is 12.0. The first-order valence-corrected chi connectivity index (χ1v) is 25.8. The maximum Gasteiger partial charge on any atom is 0.249 e. The molecule has 0 heterocycles. The summed E-state index contributed by atoms with van der Waals surface area (Å²) in [6.07, 6.45) is 62.2. The number of allylic oxidation sites excluding steroid dienone is 5. The summed E-state index contributed by atoms with van der Waals surface area (Å²) < 4.78 is 0. The molecule has 0 aromatic rings. The quantitative estimate of drug-likeness (QED) is 0.0364. The SMILES string of the molecule is CCCCC/C=C/CC/C=C/CC/C=C/C(O)C(CO)NC(=O)C(O)CCCCCCCCCCCCCCCCCCCCCCCCCCCCCCCCC. The molecule has 0 saturated heterocycles. The second kappa shape index (κ2) is 48.2. The molecule has 0 aromatic carbocycles. The first-order valence-electron chi connectivity index (χ1n) is 25.8. The van der Waals surface area contributed by atoms with Crippen LogP contribution in [0.3, 0.4) is 0 Å². The number of carbonyl (C=O) groups is 1. The van der Waals surface area contributed by atoms with Crippen LogP contribution in [0.4, 0.5) is 0 Å². The fraction of sp³-hybridized carbons (Fsp3) is 0.868. The van der Waals surface area contributed by atoms with Gasteiger partial charge in [0.15, 0.2) is 0 Å². The van der Waals surface area contributed by atoms with Gasteiger partial charge in [0.1, 0.15) is 6.10 Å². The number of unbranched alkanes of at least 4 members (excludes halogenated alkanes) is 35. The lowest BCUT2D eigenvalue weighted by molar-refractivity contribution is -0.131. The Kier molecular flexibility index (Phi) is 47.0. The van der Waals surface area contributed by atoms with E-state index < -0.39 is 24.2 Å². The molecule has 0 saturated carbocycles. The van der Waals surface area contributed by atoms with Crippen LogP contribution in [-0.4, -0.2) is 46.1 Å². The van der Waals surface area contributed by atoms with Crippen LogP contribution in [0.2, 0.25) is 0 Å². The standard InChI is InChI=1S/C53H101NO4/c1-3-5-7-9-11-13-15-17-18-19-20-21-22-23-24-25-26-27-28-29-30-31-32-33-34-36-38-40-42-44-46-48-52(57)53(58)54-50(49-55)51(56)47-45-43-41-39-37-35-16-14-12-10-8-6-4-2/h12,14,37,39,45,47,50-52,55-57H,3-11,13,15-36,38,40-44,46,48-49H2,1-2H3,(H,54,58)/b14-12+,39-37+,47-45+. The molecule has 58 heavy (non-hydrogen) atoms. The number of amides is 1. The summed E-state index contributed by atoms with van der Waals surface area (Å²) in [5.74, 6) is -0.514. The molecule has 1 amide bonds. The zero-order valence-corrected chi connectivity index (χ0v) is 38.9. The van der Waals surface area contributed by atoms with Gasteiger partial charge in [-0.15, -0.1) is 0 Å². The van der Waals surface area contributed by atoms with Crippen molar-refractivity contribution < 1.29 is 20.1 Å². The number of aliphatic hydroxyl groups is 3. The number of hydrogen-bond acceptors (Lipinski definition) is 4. The van der Waals surface area contributed by atoms with Crippen molar-refractivity contribution >= 4 is 5.91 Å². The van der Waals surface area contributed by atoms with Crippen LogP contribution in [0, 0.1) is 0 Å². The van der Waals surface area contributed by atoms with Crippen LogP contribution in [0.1, 0.15) is 271 Å². The average Bonchev–Trinajstić information content (AvgIpc) is 3.23. The van der Waals surface area contributed by atoms with Gasteiger partial charge in [-0.2, -0.15) is 0 Å². The number of nitrogens with one attached hydrogen (secondary N) is 1. The first kappa shape index (κ1) is 56.6. The van der Waals surface area contributed by atoms with Gasteiger partial charge in [0.25, 0.3) is 0 Å². The van der Waals surface area contributed by atoms with Crippen molar-refractivity contribution in [3.63, 3.8) is 0 Å². The van der Waals surface area contributed by atoms with Gasteiger partial charge in [-0.3, -0.25) is 4.79 Å². The summed E-state index contributed by atoms with van der Waals surface area (Å²) in [5, 5.41) is 33.1. The molecule has 0 bridgehead atoms. The molecule has 0 aliphatic rings. The largest absolute Gasteiger partial charge is 0.394 e. The van der Waals surface area contributed by atoms with E-state index in [9.17, 15) is 20.1 Å². The lowest BCUT2D eigenvalue weighted by atomic mass is 10.0. The fourth-order valence-corrected chi connectivity index (χ4v) is 7.92. The van der Waals surface area contributed by atoms with Gasteiger partial charge in [-0.1, -0.05) is 262 Å². The van der Waals surface area contributed by atoms with Gasteiger partial charge < -0.3 is 20.6 Å². The minimum atomic E-state index is -1.11. The Morgan fingerprint density at radius 1 is 0.414 bits per heavy atom. The molecular formula is C53H101NO4. The van der Waals surface area contributed by atoms with Crippen LogP contribution < -0.4 is 5.32 Å². The Hall–Kier alpha value is -1.43. The van der Waals surface area contributed by atoms with Gasteiger partial charge in [0.2, 0.25) is 5.91 Å². The Morgan fingerprint density at radius 3 is 1.05 bits per heavy atom. The third kappa shape index (κ3) is 42.7. The van der Waals surface area contributed by atoms with Crippen molar-refractivity contribution in [2.45, 2.75) is 289 Å². The van der Waals surface area contributed by atoms with Gasteiger partial charge in [-0.05, 0) is 44.9 Å². The summed E-state index contributed by atoms with van der Waals surface area (Å²) >= 11 is 0. The van der Waals surface area contributed by atoms with E-state index >= 15 is 0 Å². The van der Waals surface area contributed by atoms with Crippen molar-refractivity contribution in [3.05, 3.63) is 36.5 Å². The molecule has 0 aliphatic heterocycles. The van der Waals surface area contributed by atoms with E-state index in [0.717, 1.165) is 44.9 Å². The second-order valence-electron chi connectivity index (χ2n) is 17.7. The second-order valence-corrected chi connectivity index (χ2v) is 17.7. The number of aliphatic hydroxyl groups excluding tert-OH is 3. The Bertz CT molecular complexity index is 901. The van der Waals surface area contributed by atoms with Crippen LogP contribution in [0.5, 0.6) is 0 Å². The number of hydrogen-bond donors (Lipinski definition) is 4. The number of carbonyl (C=O) groups excluding carboxylic acids is 1. The lowest BCUT2D eigenvalue weighted by Crippen LogP contribution is -2.48. The van der Waals surface area contributed by atoms with Gasteiger partial charge in [0.05, 0.1) is 18.8 Å². The van der Waals surface area contributed by atoms with Crippen molar-refractivity contribution in [2.75, 3.05) is 6.61 Å². The van der Waals surface area contributed by atoms with Crippen molar-refractivity contribution in [2.24, 2.45) is 0 Å². The molecule has 0 rings (SSSR count). The number of rotatable bonds is 47. The summed E-state index contributed by atoms with van der Waals surface area (Å²) in [6, 6.07) is -0.818. The van der Waals surface area contributed by atoms with E-state index in [-0.39, 0.29) is 6.61 Å².